The number of fused-ring (bicyclic) bond motifs is 1. The van der Waals surface area contributed by atoms with Crippen LogP contribution < -0.4 is 5.32 Å². The SMILES string of the molecule is CCOC(=O)c1cnc2c(CC)cccc2c1Nc1ccccc1. The number of carbonyl (C=O) groups is 1. The summed E-state index contributed by atoms with van der Waals surface area (Å²) in [5.74, 6) is -0.368. The summed E-state index contributed by atoms with van der Waals surface area (Å²) < 4.78 is 5.19. The molecule has 0 unspecified atom stereocenters. The minimum atomic E-state index is -0.368. The van der Waals surface area contributed by atoms with Crippen LogP contribution in [0, 0.1) is 0 Å². The van der Waals surface area contributed by atoms with Crippen LogP contribution in [0.3, 0.4) is 0 Å². The number of hydrogen-bond acceptors (Lipinski definition) is 4. The van der Waals surface area contributed by atoms with Crippen LogP contribution in [0.2, 0.25) is 0 Å². The first-order valence-corrected chi connectivity index (χ1v) is 8.14. The molecule has 0 aliphatic carbocycles. The van der Waals surface area contributed by atoms with Crippen molar-refractivity contribution in [2.24, 2.45) is 0 Å². The molecule has 0 aliphatic rings. The second-order valence-electron chi connectivity index (χ2n) is 5.43. The van der Waals surface area contributed by atoms with E-state index >= 15 is 0 Å². The Morgan fingerprint density at radius 1 is 1.08 bits per heavy atom. The van der Waals surface area contributed by atoms with Crippen molar-refractivity contribution in [3.8, 4) is 0 Å². The van der Waals surface area contributed by atoms with E-state index in [0.29, 0.717) is 12.2 Å². The Hall–Kier alpha value is -2.88. The number of aromatic nitrogens is 1. The van der Waals surface area contributed by atoms with Gasteiger partial charge in [0, 0.05) is 17.3 Å². The number of nitrogens with zero attached hydrogens (tertiary/aromatic N) is 1. The van der Waals surface area contributed by atoms with Crippen LogP contribution in [0.1, 0.15) is 29.8 Å². The Morgan fingerprint density at radius 2 is 1.88 bits per heavy atom. The summed E-state index contributed by atoms with van der Waals surface area (Å²) in [4.78, 5) is 16.9. The van der Waals surface area contributed by atoms with Gasteiger partial charge in [-0.15, -0.1) is 0 Å². The lowest BCUT2D eigenvalue weighted by Crippen LogP contribution is -2.09. The fourth-order valence-corrected chi connectivity index (χ4v) is 2.73. The van der Waals surface area contributed by atoms with Crippen molar-refractivity contribution in [3.63, 3.8) is 0 Å². The third-order valence-electron chi connectivity index (χ3n) is 3.90. The van der Waals surface area contributed by atoms with Gasteiger partial charge in [-0.25, -0.2) is 4.79 Å². The first-order valence-electron chi connectivity index (χ1n) is 8.14. The van der Waals surface area contributed by atoms with E-state index in [1.807, 2.05) is 42.5 Å². The zero-order valence-corrected chi connectivity index (χ0v) is 13.9. The van der Waals surface area contributed by atoms with E-state index in [-0.39, 0.29) is 5.97 Å². The highest BCUT2D eigenvalue weighted by Gasteiger charge is 2.17. The number of rotatable bonds is 5. The summed E-state index contributed by atoms with van der Waals surface area (Å²) in [5.41, 5.74) is 4.16. The minimum absolute atomic E-state index is 0.330. The molecule has 24 heavy (non-hydrogen) atoms. The zero-order chi connectivity index (χ0) is 16.9. The molecule has 1 aromatic heterocycles. The number of nitrogens with one attached hydrogen (secondary N) is 1. The zero-order valence-electron chi connectivity index (χ0n) is 13.9. The van der Waals surface area contributed by atoms with Gasteiger partial charge in [-0.3, -0.25) is 4.98 Å². The van der Waals surface area contributed by atoms with Gasteiger partial charge in [0.15, 0.2) is 0 Å². The number of benzene rings is 2. The summed E-state index contributed by atoms with van der Waals surface area (Å²) in [7, 11) is 0. The standard InChI is InChI=1S/C20H20N2O2/c1-3-14-9-8-12-16-18(14)21-13-17(20(23)24-4-2)19(16)22-15-10-6-5-7-11-15/h5-13H,3-4H2,1-2H3,(H,21,22). The Bertz CT molecular complexity index is 860. The number of esters is 1. The van der Waals surface area contributed by atoms with Crippen LogP contribution in [0.4, 0.5) is 11.4 Å². The van der Waals surface area contributed by atoms with Crippen molar-refractivity contribution in [3.05, 3.63) is 65.9 Å². The van der Waals surface area contributed by atoms with E-state index in [2.05, 4.69) is 23.3 Å². The quantitative estimate of drug-likeness (QED) is 0.691. The highest BCUT2D eigenvalue weighted by Crippen LogP contribution is 2.31. The number of ether oxygens (including phenoxy) is 1. The first kappa shape index (κ1) is 16.0. The second-order valence-corrected chi connectivity index (χ2v) is 5.43. The van der Waals surface area contributed by atoms with Gasteiger partial charge >= 0.3 is 5.97 Å². The van der Waals surface area contributed by atoms with Crippen LogP contribution in [-0.4, -0.2) is 17.6 Å². The van der Waals surface area contributed by atoms with E-state index in [4.69, 9.17) is 4.74 Å². The molecule has 0 saturated carbocycles. The summed E-state index contributed by atoms with van der Waals surface area (Å²) >= 11 is 0. The van der Waals surface area contributed by atoms with Gasteiger partial charge < -0.3 is 10.1 Å². The van der Waals surface area contributed by atoms with Crippen molar-refractivity contribution in [2.45, 2.75) is 20.3 Å². The summed E-state index contributed by atoms with van der Waals surface area (Å²) in [6, 6.07) is 15.8. The molecular formula is C20H20N2O2. The third-order valence-corrected chi connectivity index (χ3v) is 3.90. The lowest BCUT2D eigenvalue weighted by Gasteiger charge is -2.15. The Kier molecular flexibility index (Phi) is 4.75. The summed E-state index contributed by atoms with van der Waals surface area (Å²) in [6.45, 7) is 4.22. The van der Waals surface area contributed by atoms with Crippen molar-refractivity contribution < 1.29 is 9.53 Å². The maximum Gasteiger partial charge on any atom is 0.341 e. The molecular weight excluding hydrogens is 300 g/mol. The highest BCUT2D eigenvalue weighted by atomic mass is 16.5. The van der Waals surface area contributed by atoms with Crippen LogP contribution in [0.5, 0.6) is 0 Å². The average Bonchev–Trinajstić information content (AvgIpc) is 2.62. The number of para-hydroxylation sites is 2. The normalized spacial score (nSPS) is 10.6. The number of carbonyl (C=O) groups excluding carboxylic acids is 1. The number of aryl methyl sites for hydroxylation is 1. The van der Waals surface area contributed by atoms with E-state index in [9.17, 15) is 4.79 Å². The molecule has 2 aromatic carbocycles. The molecule has 0 radical (unpaired) electrons. The topological polar surface area (TPSA) is 51.2 Å². The van der Waals surface area contributed by atoms with Gasteiger partial charge in [-0.1, -0.05) is 43.3 Å². The predicted octanol–water partition coefficient (Wildman–Crippen LogP) is 4.72. The number of anilines is 2. The van der Waals surface area contributed by atoms with Crippen LogP contribution in [0.15, 0.2) is 54.7 Å². The molecule has 0 amide bonds. The molecule has 0 aliphatic heterocycles. The molecule has 1 N–H and O–H groups in total. The number of pyridine rings is 1. The van der Waals surface area contributed by atoms with Gasteiger partial charge in [0.25, 0.3) is 0 Å². The van der Waals surface area contributed by atoms with Gasteiger partial charge in [-0.05, 0) is 31.0 Å². The fraction of sp³-hybridized carbons (Fsp3) is 0.200. The molecule has 3 aromatic rings. The Labute approximate surface area is 141 Å². The first-order chi connectivity index (χ1) is 11.7. The minimum Gasteiger partial charge on any atom is -0.462 e. The Balaban J connectivity index is 2.19. The largest absolute Gasteiger partial charge is 0.462 e. The maximum absolute atomic E-state index is 12.4. The van der Waals surface area contributed by atoms with Gasteiger partial charge in [0.1, 0.15) is 5.56 Å². The van der Waals surface area contributed by atoms with Gasteiger partial charge in [0.05, 0.1) is 17.8 Å². The molecule has 1 heterocycles. The predicted molar refractivity (Wildman–Crippen MR) is 96.8 cm³/mol. The maximum atomic E-state index is 12.4. The van der Waals surface area contributed by atoms with E-state index < -0.39 is 0 Å². The fourth-order valence-electron chi connectivity index (χ4n) is 2.73. The van der Waals surface area contributed by atoms with E-state index in [0.717, 1.165) is 34.3 Å². The number of hydrogen-bond donors (Lipinski definition) is 1. The summed E-state index contributed by atoms with van der Waals surface area (Å²) in [5, 5.41) is 4.29. The highest BCUT2D eigenvalue weighted by molar-refractivity contribution is 6.06. The molecule has 0 saturated heterocycles. The van der Waals surface area contributed by atoms with Crippen molar-refractivity contribution in [1.82, 2.24) is 4.98 Å². The van der Waals surface area contributed by atoms with E-state index in [1.165, 1.54) is 0 Å². The smallest absolute Gasteiger partial charge is 0.341 e. The molecule has 0 fully saturated rings. The monoisotopic (exact) mass is 320 g/mol. The van der Waals surface area contributed by atoms with Gasteiger partial charge in [-0.2, -0.15) is 0 Å². The molecule has 0 bridgehead atoms. The lowest BCUT2D eigenvalue weighted by atomic mass is 10.0. The molecule has 4 heteroatoms. The van der Waals surface area contributed by atoms with Crippen LogP contribution in [0.25, 0.3) is 10.9 Å². The van der Waals surface area contributed by atoms with Crippen molar-refractivity contribution in [1.29, 1.82) is 0 Å². The van der Waals surface area contributed by atoms with Crippen molar-refractivity contribution >= 4 is 28.2 Å². The van der Waals surface area contributed by atoms with Crippen LogP contribution in [-0.2, 0) is 11.2 Å². The van der Waals surface area contributed by atoms with Gasteiger partial charge in [0.2, 0.25) is 0 Å². The van der Waals surface area contributed by atoms with Crippen LogP contribution >= 0.6 is 0 Å². The third kappa shape index (κ3) is 3.08. The molecule has 3 rings (SSSR count). The molecule has 4 nitrogen and oxygen atoms in total. The molecule has 0 atom stereocenters. The van der Waals surface area contributed by atoms with E-state index in [1.54, 1.807) is 13.1 Å². The lowest BCUT2D eigenvalue weighted by molar-refractivity contribution is 0.0527. The van der Waals surface area contributed by atoms with Crippen molar-refractivity contribution in [2.75, 3.05) is 11.9 Å². The Morgan fingerprint density at radius 3 is 2.58 bits per heavy atom. The molecule has 122 valence electrons. The average molecular weight is 320 g/mol. The summed E-state index contributed by atoms with van der Waals surface area (Å²) in [6.07, 6.45) is 2.48. The molecule has 0 spiro atoms. The second kappa shape index (κ2) is 7.13.